The highest BCUT2D eigenvalue weighted by Crippen LogP contribution is 2.48. The van der Waals surface area contributed by atoms with E-state index in [9.17, 15) is 36.4 Å². The molecule has 5 nitrogen and oxygen atoms in total. The predicted octanol–water partition coefficient (Wildman–Crippen LogP) is 6.10. The Morgan fingerprint density at radius 2 is 1.89 bits per heavy atom. The van der Waals surface area contributed by atoms with Crippen molar-refractivity contribution in [1.29, 1.82) is 5.26 Å². The number of anilines is 2. The topological polar surface area (TPSA) is 60.2 Å². The van der Waals surface area contributed by atoms with Gasteiger partial charge < -0.3 is 9.80 Å². The number of pyridine rings is 1. The van der Waals surface area contributed by atoms with Gasteiger partial charge in [-0.1, -0.05) is 19.1 Å². The van der Waals surface area contributed by atoms with Gasteiger partial charge in [0.2, 0.25) is 5.91 Å². The summed E-state index contributed by atoms with van der Waals surface area (Å²) in [7, 11) is 0. The van der Waals surface area contributed by atoms with Crippen molar-refractivity contribution in [1.82, 2.24) is 4.98 Å². The Bertz CT molecular complexity index is 1200. The van der Waals surface area contributed by atoms with Crippen LogP contribution in [0, 0.1) is 24.2 Å². The first-order chi connectivity index (χ1) is 16.9. The molecule has 1 aliphatic heterocycles. The molecule has 2 aromatic rings. The lowest BCUT2D eigenvalue weighted by Gasteiger charge is -2.39. The lowest BCUT2D eigenvalue weighted by Crippen LogP contribution is -2.53. The maximum Gasteiger partial charge on any atom is 0.433 e. The lowest BCUT2D eigenvalue weighted by atomic mass is 9.95. The first kappa shape index (κ1) is 25.8. The highest BCUT2D eigenvalue weighted by molar-refractivity contribution is 6.00. The van der Waals surface area contributed by atoms with Gasteiger partial charge in [0.05, 0.1) is 5.56 Å². The quantitative estimate of drug-likeness (QED) is 0.456. The van der Waals surface area contributed by atoms with Crippen LogP contribution in [-0.2, 0) is 17.1 Å². The molecule has 2 aliphatic rings. The minimum Gasteiger partial charge on any atom is -0.340 e. The van der Waals surface area contributed by atoms with Crippen molar-refractivity contribution in [3.05, 3.63) is 52.7 Å². The molecule has 4 rings (SSSR count). The average Bonchev–Trinajstić information content (AvgIpc) is 3.42. The largest absolute Gasteiger partial charge is 0.433 e. The molecule has 1 saturated carbocycles. The minimum absolute atomic E-state index is 0.136. The summed E-state index contributed by atoms with van der Waals surface area (Å²) < 4.78 is 82.0. The second kappa shape index (κ2) is 9.30. The van der Waals surface area contributed by atoms with E-state index in [1.54, 1.807) is 18.2 Å². The third-order valence-corrected chi connectivity index (χ3v) is 6.82. The van der Waals surface area contributed by atoms with E-state index in [-0.39, 0.29) is 12.0 Å². The van der Waals surface area contributed by atoms with Crippen LogP contribution in [0.15, 0.2) is 30.3 Å². The van der Waals surface area contributed by atoms with E-state index < -0.39 is 53.0 Å². The third-order valence-electron chi connectivity index (χ3n) is 6.82. The molecule has 0 radical (unpaired) electrons. The van der Waals surface area contributed by atoms with Gasteiger partial charge in [-0.2, -0.15) is 31.6 Å². The molecule has 1 aromatic heterocycles. The summed E-state index contributed by atoms with van der Waals surface area (Å²) in [5.41, 5.74) is -2.97. The van der Waals surface area contributed by atoms with Gasteiger partial charge in [0.1, 0.15) is 29.2 Å². The van der Waals surface area contributed by atoms with Gasteiger partial charge in [-0.05, 0) is 62.3 Å². The van der Waals surface area contributed by atoms with E-state index in [4.69, 9.17) is 0 Å². The summed E-state index contributed by atoms with van der Waals surface area (Å²) in [6, 6.07) is 6.94. The number of aromatic nitrogens is 1. The molecule has 2 bridgehead atoms. The van der Waals surface area contributed by atoms with Crippen molar-refractivity contribution in [2.24, 2.45) is 5.92 Å². The van der Waals surface area contributed by atoms with E-state index >= 15 is 0 Å². The van der Waals surface area contributed by atoms with Gasteiger partial charge in [0.25, 0.3) is 0 Å². The number of alkyl halides is 6. The van der Waals surface area contributed by atoms with Gasteiger partial charge >= 0.3 is 12.4 Å². The van der Waals surface area contributed by atoms with Crippen molar-refractivity contribution in [2.75, 3.05) is 16.3 Å². The van der Waals surface area contributed by atoms with Crippen LogP contribution >= 0.6 is 0 Å². The zero-order valence-electron chi connectivity index (χ0n) is 19.6. The molecule has 3 atom stereocenters. The lowest BCUT2D eigenvalue weighted by molar-refractivity contribution is -0.145. The number of aryl methyl sites for hydroxylation is 1. The monoisotopic (exact) mass is 510 g/mol. The maximum atomic E-state index is 13.9. The van der Waals surface area contributed by atoms with E-state index in [0.717, 1.165) is 5.56 Å². The van der Waals surface area contributed by atoms with Crippen LogP contribution in [0.5, 0.6) is 0 Å². The molecule has 2 fully saturated rings. The van der Waals surface area contributed by atoms with Crippen LogP contribution < -0.4 is 9.80 Å². The number of carbonyl (C=O) groups is 1. The van der Waals surface area contributed by atoms with Crippen LogP contribution in [0.2, 0.25) is 0 Å². The number of nitriles is 1. The molecule has 0 spiro atoms. The molecule has 0 unspecified atom stereocenters. The van der Waals surface area contributed by atoms with Crippen LogP contribution in [0.3, 0.4) is 0 Å². The second-order valence-corrected chi connectivity index (χ2v) is 9.27. The summed E-state index contributed by atoms with van der Waals surface area (Å²) in [4.78, 5) is 20.2. The molecule has 192 valence electrons. The predicted molar refractivity (Wildman–Crippen MR) is 120 cm³/mol. The zero-order valence-corrected chi connectivity index (χ0v) is 19.6. The zero-order chi connectivity index (χ0) is 26.4. The van der Waals surface area contributed by atoms with Crippen LogP contribution in [0.25, 0.3) is 0 Å². The molecule has 1 saturated heterocycles. The van der Waals surface area contributed by atoms with Gasteiger partial charge in [-0.15, -0.1) is 0 Å². The summed E-state index contributed by atoms with van der Waals surface area (Å²) in [6.07, 6.45) is -8.28. The molecular formula is C25H24F6N4O. The van der Waals surface area contributed by atoms with Crippen LogP contribution in [-0.4, -0.2) is 29.5 Å². The minimum atomic E-state index is -5.21. The van der Waals surface area contributed by atoms with Gasteiger partial charge in [-0.3, -0.25) is 4.79 Å². The van der Waals surface area contributed by atoms with E-state index in [1.165, 1.54) is 15.9 Å². The van der Waals surface area contributed by atoms with Gasteiger partial charge in [0.15, 0.2) is 0 Å². The highest BCUT2D eigenvalue weighted by atomic mass is 19.4. The van der Waals surface area contributed by atoms with E-state index in [1.807, 2.05) is 19.9 Å². The fourth-order valence-corrected chi connectivity index (χ4v) is 5.35. The molecule has 1 amide bonds. The number of amides is 1. The Labute approximate surface area is 204 Å². The van der Waals surface area contributed by atoms with Crippen LogP contribution in [0.1, 0.15) is 55.0 Å². The Morgan fingerprint density at radius 3 is 2.47 bits per heavy atom. The molecule has 1 aliphatic carbocycles. The highest BCUT2D eigenvalue weighted by Gasteiger charge is 2.53. The van der Waals surface area contributed by atoms with E-state index in [2.05, 4.69) is 4.98 Å². The van der Waals surface area contributed by atoms with E-state index in [0.29, 0.717) is 37.9 Å². The standard InChI is InChI=1S/C25H24F6N4O/c1-3-9-34(16-6-4-5-14(2)10-16)23(36)21-15-7-8-17(11-15)35(21)22-18(13-32)19(24(26,27)28)12-20(33-22)25(29,30)31/h4-6,10,12,15,17,21H,3,7-9,11H2,1-2H3/t15-,17+,21-/m0/s1. The second-order valence-electron chi connectivity index (χ2n) is 9.27. The number of nitrogens with zero attached hydrogens (tertiary/aromatic N) is 4. The molecule has 36 heavy (non-hydrogen) atoms. The fraction of sp³-hybridized carbons (Fsp3) is 0.480. The number of fused-ring (bicyclic) bond motifs is 2. The molecule has 2 heterocycles. The summed E-state index contributed by atoms with van der Waals surface area (Å²) in [5, 5.41) is 9.62. The van der Waals surface area contributed by atoms with Crippen LogP contribution in [0.4, 0.5) is 37.8 Å². The molecule has 0 N–H and O–H groups in total. The number of benzene rings is 1. The number of piperidine rings is 1. The van der Waals surface area contributed by atoms with Gasteiger partial charge in [-0.25, -0.2) is 4.98 Å². The Morgan fingerprint density at radius 1 is 1.17 bits per heavy atom. The number of rotatable bonds is 5. The summed E-state index contributed by atoms with van der Waals surface area (Å²) in [5.74, 6) is -1.43. The Balaban J connectivity index is 1.87. The average molecular weight is 510 g/mol. The number of halogens is 6. The number of hydrogen-bond donors (Lipinski definition) is 0. The van der Waals surface area contributed by atoms with Crippen molar-refractivity contribution in [3.63, 3.8) is 0 Å². The first-order valence-corrected chi connectivity index (χ1v) is 11.6. The normalized spacial score (nSPS) is 21.5. The fourth-order valence-electron chi connectivity index (χ4n) is 5.35. The third kappa shape index (κ3) is 4.61. The smallest absolute Gasteiger partial charge is 0.340 e. The number of hydrogen-bond acceptors (Lipinski definition) is 4. The Kier molecular flexibility index (Phi) is 6.66. The number of carbonyl (C=O) groups excluding carboxylic acids is 1. The van der Waals surface area contributed by atoms with Crippen molar-refractivity contribution in [3.8, 4) is 6.07 Å². The summed E-state index contributed by atoms with van der Waals surface area (Å²) in [6.45, 7) is 4.04. The van der Waals surface area contributed by atoms with Gasteiger partial charge in [0, 0.05) is 18.3 Å². The Hall–Kier alpha value is -3.29. The first-order valence-electron chi connectivity index (χ1n) is 11.6. The SMILES string of the molecule is CCCN(C(=O)[C@@H]1[C@H]2CC[C@H](C2)N1c1nc(C(F)(F)F)cc(C(F)(F)F)c1C#N)c1cccc(C)c1. The molecular weight excluding hydrogens is 486 g/mol. The molecule has 1 aromatic carbocycles. The maximum absolute atomic E-state index is 13.9. The van der Waals surface area contributed by atoms with Crippen molar-refractivity contribution in [2.45, 2.75) is 64.0 Å². The van der Waals surface area contributed by atoms with Crippen molar-refractivity contribution >= 4 is 17.4 Å². The van der Waals surface area contributed by atoms with Crippen molar-refractivity contribution < 1.29 is 31.1 Å². The molecule has 11 heteroatoms. The summed E-state index contributed by atoms with van der Waals surface area (Å²) >= 11 is 0.